The molecule has 4 N–H and O–H groups in total. The van der Waals surface area contributed by atoms with Crippen LogP contribution in [0.3, 0.4) is 0 Å². The summed E-state index contributed by atoms with van der Waals surface area (Å²) < 4.78 is 5.29. The zero-order chi connectivity index (χ0) is 14.6. The SMILES string of the molecule is CN(Cc1ccc(C(=N)N)cc1)CC1(O)CCOCC1. The van der Waals surface area contributed by atoms with E-state index in [2.05, 4.69) is 4.90 Å². The Morgan fingerprint density at radius 3 is 2.50 bits per heavy atom. The monoisotopic (exact) mass is 277 g/mol. The van der Waals surface area contributed by atoms with Gasteiger partial charge in [0.1, 0.15) is 5.84 Å². The van der Waals surface area contributed by atoms with Crippen molar-refractivity contribution in [2.45, 2.75) is 25.0 Å². The quantitative estimate of drug-likeness (QED) is 0.552. The summed E-state index contributed by atoms with van der Waals surface area (Å²) >= 11 is 0. The molecule has 1 aromatic rings. The molecular weight excluding hydrogens is 254 g/mol. The Labute approximate surface area is 119 Å². The average molecular weight is 277 g/mol. The third kappa shape index (κ3) is 4.03. The highest BCUT2D eigenvalue weighted by Crippen LogP contribution is 2.22. The van der Waals surface area contributed by atoms with Crippen LogP contribution in [0, 0.1) is 5.41 Å². The van der Waals surface area contributed by atoms with Crippen LogP contribution in [0.4, 0.5) is 0 Å². The Morgan fingerprint density at radius 2 is 1.95 bits per heavy atom. The first-order valence-corrected chi connectivity index (χ1v) is 6.90. The van der Waals surface area contributed by atoms with E-state index in [-0.39, 0.29) is 5.84 Å². The highest BCUT2D eigenvalue weighted by atomic mass is 16.5. The number of nitrogen functional groups attached to an aromatic ring is 1. The first-order chi connectivity index (χ1) is 9.48. The van der Waals surface area contributed by atoms with Gasteiger partial charge >= 0.3 is 0 Å². The van der Waals surface area contributed by atoms with Crippen molar-refractivity contribution in [2.75, 3.05) is 26.8 Å². The number of likely N-dealkylation sites (N-methyl/N-ethyl adjacent to an activating group) is 1. The van der Waals surface area contributed by atoms with E-state index in [1.165, 1.54) is 0 Å². The minimum absolute atomic E-state index is 0.0846. The topological polar surface area (TPSA) is 82.6 Å². The number of benzene rings is 1. The second-order valence-corrected chi connectivity index (χ2v) is 5.62. The van der Waals surface area contributed by atoms with E-state index in [4.69, 9.17) is 15.9 Å². The molecular formula is C15H23N3O2. The van der Waals surface area contributed by atoms with E-state index in [1.807, 2.05) is 31.3 Å². The number of ether oxygens (including phenoxy) is 1. The van der Waals surface area contributed by atoms with Crippen LogP contribution >= 0.6 is 0 Å². The molecule has 2 rings (SSSR count). The molecule has 5 nitrogen and oxygen atoms in total. The van der Waals surface area contributed by atoms with Gasteiger partial charge in [-0.05, 0) is 12.6 Å². The Balaban J connectivity index is 1.90. The maximum atomic E-state index is 10.5. The number of hydrogen-bond acceptors (Lipinski definition) is 4. The minimum atomic E-state index is -0.633. The molecule has 1 saturated heterocycles. The van der Waals surface area contributed by atoms with Gasteiger partial charge in [0.05, 0.1) is 5.60 Å². The molecule has 1 heterocycles. The van der Waals surface area contributed by atoms with E-state index in [0.29, 0.717) is 32.6 Å². The fourth-order valence-electron chi connectivity index (χ4n) is 2.57. The molecule has 0 spiro atoms. The molecule has 0 bridgehead atoms. The third-order valence-electron chi connectivity index (χ3n) is 3.71. The summed E-state index contributed by atoms with van der Waals surface area (Å²) in [6, 6.07) is 7.66. The van der Waals surface area contributed by atoms with E-state index in [0.717, 1.165) is 17.7 Å². The number of hydrogen-bond donors (Lipinski definition) is 3. The van der Waals surface area contributed by atoms with Gasteiger partial charge in [0, 0.05) is 44.7 Å². The molecule has 1 fully saturated rings. The van der Waals surface area contributed by atoms with Crippen molar-refractivity contribution in [1.82, 2.24) is 4.90 Å². The van der Waals surface area contributed by atoms with Crippen molar-refractivity contribution in [3.63, 3.8) is 0 Å². The fourth-order valence-corrected chi connectivity index (χ4v) is 2.57. The van der Waals surface area contributed by atoms with Gasteiger partial charge in [-0.25, -0.2) is 0 Å². The van der Waals surface area contributed by atoms with Crippen LogP contribution < -0.4 is 5.73 Å². The molecule has 1 aromatic carbocycles. The Bertz CT molecular complexity index is 453. The zero-order valence-corrected chi connectivity index (χ0v) is 11.9. The number of amidine groups is 1. The molecule has 0 saturated carbocycles. The lowest BCUT2D eigenvalue weighted by molar-refractivity contribution is -0.0777. The summed E-state index contributed by atoms with van der Waals surface area (Å²) in [5, 5.41) is 17.8. The number of nitrogens with two attached hydrogens (primary N) is 1. The summed E-state index contributed by atoms with van der Waals surface area (Å²) in [6.07, 6.45) is 1.39. The smallest absolute Gasteiger partial charge is 0.122 e. The number of nitrogens with one attached hydrogen (secondary N) is 1. The van der Waals surface area contributed by atoms with Crippen LogP contribution in [0.5, 0.6) is 0 Å². The summed E-state index contributed by atoms with van der Waals surface area (Å²) in [5.74, 6) is 0.0846. The molecule has 110 valence electrons. The first kappa shape index (κ1) is 15.0. The average Bonchev–Trinajstić information content (AvgIpc) is 2.39. The molecule has 0 amide bonds. The number of rotatable bonds is 5. The second kappa shape index (κ2) is 6.35. The maximum absolute atomic E-state index is 10.5. The molecule has 0 unspecified atom stereocenters. The summed E-state index contributed by atoms with van der Waals surface area (Å²) in [7, 11) is 2.01. The van der Waals surface area contributed by atoms with Crippen molar-refractivity contribution < 1.29 is 9.84 Å². The third-order valence-corrected chi connectivity index (χ3v) is 3.71. The van der Waals surface area contributed by atoms with Gasteiger partial charge in [-0.1, -0.05) is 24.3 Å². The Morgan fingerprint density at radius 1 is 1.35 bits per heavy atom. The van der Waals surface area contributed by atoms with Crippen LogP contribution in [0.15, 0.2) is 24.3 Å². The van der Waals surface area contributed by atoms with Gasteiger partial charge < -0.3 is 15.6 Å². The van der Waals surface area contributed by atoms with Crippen LogP contribution in [0.2, 0.25) is 0 Å². The Hall–Kier alpha value is -1.43. The van der Waals surface area contributed by atoms with Crippen molar-refractivity contribution in [2.24, 2.45) is 5.73 Å². The van der Waals surface area contributed by atoms with E-state index >= 15 is 0 Å². The molecule has 5 heteroatoms. The lowest BCUT2D eigenvalue weighted by Crippen LogP contribution is -2.45. The lowest BCUT2D eigenvalue weighted by Gasteiger charge is -2.35. The van der Waals surface area contributed by atoms with Gasteiger partial charge in [0.15, 0.2) is 0 Å². The number of nitrogens with zero attached hydrogens (tertiary/aromatic N) is 1. The summed E-state index contributed by atoms with van der Waals surface area (Å²) in [4.78, 5) is 2.12. The molecule has 0 aliphatic carbocycles. The highest BCUT2D eigenvalue weighted by molar-refractivity contribution is 5.94. The number of aliphatic hydroxyl groups is 1. The van der Waals surface area contributed by atoms with Crippen LogP contribution in [0.1, 0.15) is 24.0 Å². The molecule has 0 radical (unpaired) electrons. The van der Waals surface area contributed by atoms with Gasteiger partial charge in [-0.2, -0.15) is 0 Å². The predicted octanol–water partition coefficient (Wildman–Crippen LogP) is 0.944. The van der Waals surface area contributed by atoms with Crippen LogP contribution in [-0.4, -0.2) is 48.2 Å². The maximum Gasteiger partial charge on any atom is 0.122 e. The normalized spacial score (nSPS) is 18.1. The zero-order valence-electron chi connectivity index (χ0n) is 11.9. The van der Waals surface area contributed by atoms with Gasteiger partial charge in [0.25, 0.3) is 0 Å². The highest BCUT2D eigenvalue weighted by Gasteiger charge is 2.30. The van der Waals surface area contributed by atoms with Crippen molar-refractivity contribution in [3.8, 4) is 0 Å². The molecule has 1 aliphatic heterocycles. The minimum Gasteiger partial charge on any atom is -0.388 e. The second-order valence-electron chi connectivity index (χ2n) is 5.62. The van der Waals surface area contributed by atoms with E-state index in [9.17, 15) is 5.11 Å². The largest absolute Gasteiger partial charge is 0.388 e. The predicted molar refractivity (Wildman–Crippen MR) is 78.8 cm³/mol. The van der Waals surface area contributed by atoms with Gasteiger partial charge in [0.2, 0.25) is 0 Å². The fraction of sp³-hybridized carbons (Fsp3) is 0.533. The lowest BCUT2D eigenvalue weighted by atomic mass is 9.94. The summed E-state index contributed by atoms with van der Waals surface area (Å²) in [6.45, 7) is 2.68. The Kier molecular flexibility index (Phi) is 4.75. The molecule has 20 heavy (non-hydrogen) atoms. The standard InChI is InChI=1S/C15H23N3O2/c1-18(11-15(19)6-8-20-9-7-15)10-12-2-4-13(5-3-12)14(16)17/h2-5,19H,6-11H2,1H3,(H3,16,17). The van der Waals surface area contributed by atoms with Crippen molar-refractivity contribution in [3.05, 3.63) is 35.4 Å². The van der Waals surface area contributed by atoms with Crippen molar-refractivity contribution in [1.29, 1.82) is 5.41 Å². The van der Waals surface area contributed by atoms with Gasteiger partial charge in [-0.15, -0.1) is 0 Å². The van der Waals surface area contributed by atoms with E-state index < -0.39 is 5.60 Å². The van der Waals surface area contributed by atoms with Crippen LogP contribution in [0.25, 0.3) is 0 Å². The molecule has 1 aliphatic rings. The van der Waals surface area contributed by atoms with E-state index in [1.54, 1.807) is 0 Å². The van der Waals surface area contributed by atoms with Crippen molar-refractivity contribution >= 4 is 5.84 Å². The summed E-state index contributed by atoms with van der Waals surface area (Å²) in [5.41, 5.74) is 6.68. The molecule has 0 atom stereocenters. The first-order valence-electron chi connectivity index (χ1n) is 6.90. The molecule has 0 aromatic heterocycles. The van der Waals surface area contributed by atoms with Gasteiger partial charge in [-0.3, -0.25) is 10.3 Å². The van der Waals surface area contributed by atoms with Crippen LogP contribution in [-0.2, 0) is 11.3 Å².